The summed E-state index contributed by atoms with van der Waals surface area (Å²) < 4.78 is 3.24. The number of rotatable bonds is 18. The molecule has 0 saturated heterocycles. The predicted octanol–water partition coefficient (Wildman–Crippen LogP) is 6.10. The van der Waals surface area contributed by atoms with E-state index in [1.807, 2.05) is 18.4 Å². The lowest BCUT2D eigenvalue weighted by molar-refractivity contribution is 0.526. The van der Waals surface area contributed by atoms with Crippen molar-refractivity contribution in [2.75, 3.05) is 5.43 Å². The van der Waals surface area contributed by atoms with Crippen LogP contribution in [0.3, 0.4) is 0 Å². The van der Waals surface area contributed by atoms with E-state index < -0.39 is 11.2 Å². The highest BCUT2D eigenvalue weighted by atomic mass is 16.2. The standard InChI is InChI=1S/C26H46N6O2/c1-5-7-8-9-10-11-12-13-14-15-16-17-18-19-20-32-22-23(31(4)26(34)28-24(22)33)27-25(32)30-29-21(3)6-2/h5-20H2,1-4H3,(H,27,30)(H,28,33,34)/b29-21+. The Bertz CT molecular complexity index is 1000. The zero-order valence-electron chi connectivity index (χ0n) is 21.9. The van der Waals surface area contributed by atoms with Crippen LogP contribution in [0.1, 0.15) is 117 Å². The van der Waals surface area contributed by atoms with Crippen LogP contribution in [0.5, 0.6) is 0 Å². The van der Waals surface area contributed by atoms with E-state index >= 15 is 0 Å². The van der Waals surface area contributed by atoms with E-state index in [-0.39, 0.29) is 0 Å². The van der Waals surface area contributed by atoms with Gasteiger partial charge < -0.3 is 4.57 Å². The molecule has 0 aliphatic rings. The highest BCUT2D eigenvalue weighted by Crippen LogP contribution is 2.18. The number of imidazole rings is 1. The first-order valence-electron chi connectivity index (χ1n) is 13.5. The summed E-state index contributed by atoms with van der Waals surface area (Å²) >= 11 is 0. The summed E-state index contributed by atoms with van der Waals surface area (Å²) in [5, 5.41) is 4.35. The van der Waals surface area contributed by atoms with Crippen molar-refractivity contribution in [1.29, 1.82) is 0 Å². The Morgan fingerprint density at radius 2 is 1.41 bits per heavy atom. The first-order valence-corrected chi connectivity index (χ1v) is 13.5. The second kappa shape index (κ2) is 15.5. The highest BCUT2D eigenvalue weighted by Gasteiger charge is 2.17. The van der Waals surface area contributed by atoms with Gasteiger partial charge in [0.1, 0.15) is 0 Å². The molecule has 8 heteroatoms. The number of unbranched alkanes of at least 4 members (excludes halogenated alkanes) is 13. The Balaban J connectivity index is 1.78. The lowest BCUT2D eigenvalue weighted by atomic mass is 10.0. The molecule has 0 radical (unpaired) electrons. The van der Waals surface area contributed by atoms with Gasteiger partial charge in [-0.2, -0.15) is 10.1 Å². The van der Waals surface area contributed by atoms with E-state index in [4.69, 9.17) is 0 Å². The number of nitrogens with zero attached hydrogens (tertiary/aromatic N) is 4. The van der Waals surface area contributed by atoms with Gasteiger partial charge in [-0.1, -0.05) is 97.3 Å². The van der Waals surface area contributed by atoms with Gasteiger partial charge in [0.25, 0.3) is 5.56 Å². The monoisotopic (exact) mass is 474 g/mol. The molecule has 0 amide bonds. The minimum absolute atomic E-state index is 0.381. The molecular weight excluding hydrogens is 428 g/mol. The van der Waals surface area contributed by atoms with Crippen molar-refractivity contribution in [2.45, 2.75) is 124 Å². The predicted molar refractivity (Wildman–Crippen MR) is 143 cm³/mol. The Labute approximate surface area is 204 Å². The molecule has 0 saturated carbocycles. The molecule has 0 bridgehead atoms. The fourth-order valence-corrected chi connectivity index (χ4v) is 4.23. The molecule has 0 aromatic carbocycles. The van der Waals surface area contributed by atoms with Gasteiger partial charge in [-0.15, -0.1) is 0 Å². The molecule has 2 aromatic rings. The van der Waals surface area contributed by atoms with E-state index in [0.29, 0.717) is 23.7 Å². The molecule has 0 aliphatic heterocycles. The molecule has 0 fully saturated rings. The van der Waals surface area contributed by atoms with Crippen LogP contribution < -0.4 is 16.7 Å². The molecule has 0 spiro atoms. The van der Waals surface area contributed by atoms with Crippen LogP contribution >= 0.6 is 0 Å². The van der Waals surface area contributed by atoms with Gasteiger partial charge in [0.2, 0.25) is 5.95 Å². The Morgan fingerprint density at radius 3 is 1.94 bits per heavy atom. The third-order valence-electron chi connectivity index (χ3n) is 6.60. The number of aryl methyl sites for hydroxylation is 2. The highest BCUT2D eigenvalue weighted by molar-refractivity contribution is 5.82. The zero-order valence-corrected chi connectivity index (χ0v) is 21.9. The summed E-state index contributed by atoms with van der Waals surface area (Å²) in [6.07, 6.45) is 19.1. The number of fused-ring (bicyclic) bond motifs is 1. The molecule has 0 atom stereocenters. The summed E-state index contributed by atoms with van der Waals surface area (Å²) in [6.45, 7) is 6.91. The van der Waals surface area contributed by atoms with Gasteiger partial charge in [0, 0.05) is 19.3 Å². The van der Waals surface area contributed by atoms with Crippen LogP contribution in [0.2, 0.25) is 0 Å². The molecule has 2 aromatic heterocycles. The molecule has 0 unspecified atom stereocenters. The van der Waals surface area contributed by atoms with Gasteiger partial charge in [-0.05, 0) is 19.8 Å². The molecule has 2 N–H and O–H groups in total. The summed E-state index contributed by atoms with van der Waals surface area (Å²) in [7, 11) is 1.62. The molecule has 34 heavy (non-hydrogen) atoms. The quantitative estimate of drug-likeness (QED) is 0.155. The van der Waals surface area contributed by atoms with Crippen LogP contribution in [0.4, 0.5) is 5.95 Å². The first kappa shape index (κ1) is 27.9. The minimum Gasteiger partial charge on any atom is -0.303 e. The minimum atomic E-state index is -0.460. The van der Waals surface area contributed by atoms with Crippen molar-refractivity contribution in [3.63, 3.8) is 0 Å². The summed E-state index contributed by atoms with van der Waals surface area (Å²) in [4.78, 5) is 31.4. The Kier molecular flexibility index (Phi) is 12.7. The zero-order chi connectivity index (χ0) is 24.8. The van der Waals surface area contributed by atoms with Crippen molar-refractivity contribution in [3.05, 3.63) is 20.8 Å². The molecule has 8 nitrogen and oxygen atoms in total. The van der Waals surface area contributed by atoms with Crippen molar-refractivity contribution in [1.82, 2.24) is 19.1 Å². The van der Waals surface area contributed by atoms with Gasteiger partial charge in [0.05, 0.1) is 0 Å². The lowest BCUT2D eigenvalue weighted by Gasteiger charge is -2.09. The Hall–Kier alpha value is -2.38. The van der Waals surface area contributed by atoms with Crippen molar-refractivity contribution >= 4 is 22.8 Å². The van der Waals surface area contributed by atoms with E-state index in [2.05, 4.69) is 27.4 Å². The summed E-state index contributed by atoms with van der Waals surface area (Å²) in [5.74, 6) is 0.504. The van der Waals surface area contributed by atoms with Crippen LogP contribution in [0, 0.1) is 0 Å². The van der Waals surface area contributed by atoms with Crippen molar-refractivity contribution in [2.24, 2.45) is 12.1 Å². The van der Waals surface area contributed by atoms with Crippen LogP contribution in [-0.2, 0) is 13.6 Å². The SMILES string of the molecule is CCCCCCCCCCCCCCCCn1c(N/N=C(\C)CC)nc2c1c(=O)[nH]c(=O)n2C. The number of hydrogen-bond acceptors (Lipinski definition) is 5. The number of hydrazone groups is 1. The number of aromatic amines is 1. The number of anilines is 1. The third kappa shape index (κ3) is 8.76. The number of hydrogen-bond donors (Lipinski definition) is 2. The third-order valence-corrected chi connectivity index (χ3v) is 6.60. The fraction of sp³-hybridized carbons (Fsp3) is 0.769. The van der Waals surface area contributed by atoms with Crippen LogP contribution in [-0.4, -0.2) is 24.8 Å². The van der Waals surface area contributed by atoms with Gasteiger partial charge in [0.15, 0.2) is 11.2 Å². The van der Waals surface area contributed by atoms with Gasteiger partial charge in [-0.3, -0.25) is 14.3 Å². The Morgan fingerprint density at radius 1 is 0.882 bits per heavy atom. The van der Waals surface area contributed by atoms with Crippen molar-refractivity contribution < 1.29 is 0 Å². The van der Waals surface area contributed by atoms with Gasteiger partial charge in [-0.25, -0.2) is 10.2 Å². The summed E-state index contributed by atoms with van der Waals surface area (Å²) in [6, 6.07) is 0. The topological polar surface area (TPSA) is 97.1 Å². The number of H-pyrrole nitrogens is 1. The average Bonchev–Trinajstić information content (AvgIpc) is 3.20. The summed E-state index contributed by atoms with van der Waals surface area (Å²) in [5.41, 5.74) is 3.88. The van der Waals surface area contributed by atoms with E-state index in [1.165, 1.54) is 81.6 Å². The number of aromatic nitrogens is 4. The average molecular weight is 475 g/mol. The van der Waals surface area contributed by atoms with Crippen molar-refractivity contribution in [3.8, 4) is 0 Å². The van der Waals surface area contributed by atoms with Gasteiger partial charge >= 0.3 is 5.69 Å². The first-order chi connectivity index (χ1) is 16.5. The molecule has 0 aliphatic carbocycles. The lowest BCUT2D eigenvalue weighted by Crippen LogP contribution is -2.29. The maximum absolute atomic E-state index is 12.5. The molecular formula is C26H46N6O2. The molecule has 2 rings (SSSR count). The maximum Gasteiger partial charge on any atom is 0.329 e. The van der Waals surface area contributed by atoms with E-state index in [0.717, 1.165) is 25.0 Å². The van der Waals surface area contributed by atoms with E-state index in [9.17, 15) is 9.59 Å². The smallest absolute Gasteiger partial charge is 0.303 e. The van der Waals surface area contributed by atoms with E-state index in [1.54, 1.807) is 7.05 Å². The van der Waals surface area contributed by atoms with Crippen LogP contribution in [0.25, 0.3) is 11.2 Å². The largest absolute Gasteiger partial charge is 0.329 e. The second-order valence-electron chi connectivity index (χ2n) is 9.49. The van der Waals surface area contributed by atoms with Crippen LogP contribution in [0.15, 0.2) is 14.7 Å². The molecule has 192 valence electrons. The second-order valence-corrected chi connectivity index (χ2v) is 9.49. The normalized spacial score (nSPS) is 12.1. The fourth-order valence-electron chi connectivity index (χ4n) is 4.23. The maximum atomic E-state index is 12.5. The molecule has 2 heterocycles. The number of nitrogens with one attached hydrogen (secondary N) is 2.